The summed E-state index contributed by atoms with van der Waals surface area (Å²) in [5.41, 5.74) is -0.452. The van der Waals surface area contributed by atoms with Crippen molar-refractivity contribution in [2.75, 3.05) is 6.26 Å². The zero-order valence-corrected chi connectivity index (χ0v) is 20.3. The molecule has 12 heteroatoms. The largest absolute Gasteiger partial charge is 0.350 e. The van der Waals surface area contributed by atoms with E-state index in [1.54, 1.807) is 24.4 Å². The third-order valence-corrected chi connectivity index (χ3v) is 6.20. The highest BCUT2D eigenvalue weighted by molar-refractivity contribution is 7.85. The minimum absolute atomic E-state index is 0.0396. The number of aromatic amines is 2. The average Bonchev–Trinajstić information content (AvgIpc) is 3.31. The fourth-order valence-corrected chi connectivity index (χ4v) is 4.75. The van der Waals surface area contributed by atoms with Gasteiger partial charge in [-0.05, 0) is 49.1 Å². The number of hydrogen-bond acceptors (Lipinski definition) is 6. The van der Waals surface area contributed by atoms with Gasteiger partial charge in [0.15, 0.2) is 0 Å². The van der Waals surface area contributed by atoms with Gasteiger partial charge in [-0.2, -0.15) is 8.42 Å². The van der Waals surface area contributed by atoms with E-state index in [9.17, 15) is 22.8 Å². The standard InChI is InChI=1S/C22H19ClN4O3.CH4O3S/c23-13-8-9-14-16(11-13)25-18-17(20(14)28)22(30)27(26-21(18)29)19(12-5-1-2-6-12)15-7-3-4-10-24-15;1-5(2,3)4/h3-4,7-12,19H,1-2,5-6H2,(H,25,28)(H,26,29);1H3,(H,2,3,4). The van der Waals surface area contributed by atoms with Gasteiger partial charge in [0.2, 0.25) is 5.43 Å². The van der Waals surface area contributed by atoms with Gasteiger partial charge in [0.05, 0.1) is 23.5 Å². The van der Waals surface area contributed by atoms with E-state index in [0.29, 0.717) is 27.9 Å². The zero-order valence-electron chi connectivity index (χ0n) is 18.7. The Morgan fingerprint density at radius 3 is 2.46 bits per heavy atom. The molecule has 5 rings (SSSR count). The molecule has 3 heterocycles. The number of benzene rings is 1. The van der Waals surface area contributed by atoms with Crippen LogP contribution < -0.4 is 16.5 Å². The molecule has 4 aromatic rings. The van der Waals surface area contributed by atoms with Crippen molar-refractivity contribution in [2.45, 2.75) is 31.7 Å². The van der Waals surface area contributed by atoms with Crippen LogP contribution in [0.2, 0.25) is 5.02 Å². The smallest absolute Gasteiger partial charge is 0.287 e. The lowest BCUT2D eigenvalue weighted by molar-refractivity contribution is 0.340. The second-order valence-electron chi connectivity index (χ2n) is 8.49. The molecule has 3 aromatic heterocycles. The SMILES string of the molecule is CS(=O)(=O)O.O=c1[nH]n(C(c2ccccn2)C2CCCC2)c(=O)c2c(=O)c3ccc(Cl)cc3[nH]c12. The molecule has 0 amide bonds. The molecule has 1 fully saturated rings. The first-order valence-corrected chi connectivity index (χ1v) is 13.1. The molecule has 3 N–H and O–H groups in total. The van der Waals surface area contributed by atoms with Crippen LogP contribution in [0.1, 0.15) is 37.4 Å². The van der Waals surface area contributed by atoms with Gasteiger partial charge in [-0.25, -0.2) is 4.68 Å². The monoisotopic (exact) mass is 518 g/mol. The van der Waals surface area contributed by atoms with Crippen molar-refractivity contribution in [1.82, 2.24) is 19.7 Å². The van der Waals surface area contributed by atoms with Crippen LogP contribution >= 0.6 is 11.6 Å². The molecule has 0 spiro atoms. The van der Waals surface area contributed by atoms with Crippen molar-refractivity contribution >= 4 is 43.5 Å². The summed E-state index contributed by atoms with van der Waals surface area (Å²) in [6.07, 6.45) is 6.37. The van der Waals surface area contributed by atoms with E-state index >= 15 is 0 Å². The molecule has 0 aliphatic heterocycles. The van der Waals surface area contributed by atoms with Gasteiger partial charge in [-0.15, -0.1) is 0 Å². The lowest BCUT2D eigenvalue weighted by Gasteiger charge is -2.25. The molecule has 1 unspecified atom stereocenters. The number of aromatic nitrogens is 4. The van der Waals surface area contributed by atoms with E-state index in [2.05, 4.69) is 15.1 Å². The molecule has 1 aromatic carbocycles. The fourth-order valence-electron chi connectivity index (χ4n) is 4.58. The Bertz CT molecular complexity index is 1660. The van der Waals surface area contributed by atoms with Gasteiger partial charge in [-0.3, -0.25) is 29.0 Å². The topological polar surface area (TPSA) is 155 Å². The second kappa shape index (κ2) is 9.76. The molecule has 1 atom stereocenters. The number of rotatable bonds is 3. The summed E-state index contributed by atoms with van der Waals surface area (Å²) in [7, 11) is -3.67. The summed E-state index contributed by atoms with van der Waals surface area (Å²) in [5, 5.41) is 3.31. The maximum Gasteiger partial charge on any atom is 0.287 e. The molecule has 0 saturated heterocycles. The third kappa shape index (κ3) is 5.37. The predicted molar refractivity (Wildman–Crippen MR) is 134 cm³/mol. The highest BCUT2D eigenvalue weighted by Crippen LogP contribution is 2.36. The van der Waals surface area contributed by atoms with Crippen molar-refractivity contribution in [3.8, 4) is 0 Å². The number of pyridine rings is 2. The summed E-state index contributed by atoms with van der Waals surface area (Å²) in [4.78, 5) is 47.0. The highest BCUT2D eigenvalue weighted by Gasteiger charge is 2.31. The van der Waals surface area contributed by atoms with Crippen molar-refractivity contribution in [3.63, 3.8) is 0 Å². The Morgan fingerprint density at radius 2 is 1.83 bits per heavy atom. The number of H-pyrrole nitrogens is 2. The van der Waals surface area contributed by atoms with Crippen LogP contribution in [0.15, 0.2) is 57.0 Å². The van der Waals surface area contributed by atoms with Crippen LogP contribution in [0.25, 0.3) is 21.8 Å². The number of nitrogens with one attached hydrogen (secondary N) is 2. The van der Waals surface area contributed by atoms with E-state index in [4.69, 9.17) is 16.2 Å². The van der Waals surface area contributed by atoms with Crippen LogP contribution in [-0.2, 0) is 10.1 Å². The van der Waals surface area contributed by atoms with Crippen molar-refractivity contribution in [3.05, 3.63) is 84.2 Å². The van der Waals surface area contributed by atoms with Gasteiger partial charge >= 0.3 is 0 Å². The molecular weight excluding hydrogens is 496 g/mol. The van der Waals surface area contributed by atoms with Crippen LogP contribution in [0, 0.1) is 5.92 Å². The molecule has 0 radical (unpaired) electrons. The van der Waals surface area contributed by atoms with Gasteiger partial charge in [0, 0.05) is 16.6 Å². The summed E-state index contributed by atoms with van der Waals surface area (Å²) < 4.78 is 27.2. The van der Waals surface area contributed by atoms with E-state index in [0.717, 1.165) is 25.7 Å². The molecule has 35 heavy (non-hydrogen) atoms. The van der Waals surface area contributed by atoms with Gasteiger partial charge < -0.3 is 4.98 Å². The van der Waals surface area contributed by atoms with Crippen LogP contribution in [-0.4, -0.2) is 39.0 Å². The first-order chi connectivity index (χ1) is 16.5. The number of halogens is 1. The lowest BCUT2D eigenvalue weighted by Crippen LogP contribution is -2.38. The number of nitrogens with zero attached hydrogens (tertiary/aromatic N) is 2. The third-order valence-electron chi connectivity index (χ3n) is 5.96. The fraction of sp³-hybridized carbons (Fsp3) is 0.304. The Balaban J connectivity index is 0.000000527. The Hall–Kier alpha value is -3.28. The molecule has 1 aliphatic rings. The van der Waals surface area contributed by atoms with Crippen molar-refractivity contribution in [1.29, 1.82) is 0 Å². The average molecular weight is 519 g/mol. The van der Waals surface area contributed by atoms with E-state index < -0.39 is 32.7 Å². The molecule has 10 nitrogen and oxygen atoms in total. The maximum atomic E-state index is 13.5. The Kier molecular flexibility index (Phi) is 6.93. The van der Waals surface area contributed by atoms with E-state index in [-0.39, 0.29) is 16.8 Å². The van der Waals surface area contributed by atoms with Crippen LogP contribution in [0.5, 0.6) is 0 Å². The van der Waals surface area contributed by atoms with Gasteiger partial charge in [0.1, 0.15) is 10.9 Å². The second-order valence-corrected chi connectivity index (χ2v) is 10.4. The highest BCUT2D eigenvalue weighted by atomic mass is 35.5. The molecular formula is C23H23ClN4O6S. The minimum Gasteiger partial charge on any atom is -0.350 e. The predicted octanol–water partition coefficient (Wildman–Crippen LogP) is 2.86. The summed E-state index contributed by atoms with van der Waals surface area (Å²) in [5.74, 6) is 0.157. The Labute approximate surface area is 204 Å². The summed E-state index contributed by atoms with van der Waals surface area (Å²) >= 11 is 6.02. The zero-order chi connectivity index (χ0) is 25.3. The maximum absolute atomic E-state index is 13.5. The molecule has 1 saturated carbocycles. The van der Waals surface area contributed by atoms with Crippen molar-refractivity contribution < 1.29 is 13.0 Å². The van der Waals surface area contributed by atoms with E-state index in [1.807, 2.05) is 18.2 Å². The normalized spacial score (nSPS) is 15.2. The molecule has 1 aliphatic carbocycles. The summed E-state index contributed by atoms with van der Waals surface area (Å²) in [6, 6.07) is 9.81. The van der Waals surface area contributed by atoms with Crippen LogP contribution in [0.3, 0.4) is 0 Å². The Morgan fingerprint density at radius 1 is 1.14 bits per heavy atom. The first kappa shape index (κ1) is 24.8. The minimum atomic E-state index is -3.67. The summed E-state index contributed by atoms with van der Waals surface area (Å²) in [6.45, 7) is 0. The quantitative estimate of drug-likeness (QED) is 0.278. The van der Waals surface area contributed by atoms with Gasteiger partial charge in [0.25, 0.3) is 21.2 Å². The first-order valence-electron chi connectivity index (χ1n) is 10.9. The number of fused-ring (bicyclic) bond motifs is 2. The van der Waals surface area contributed by atoms with E-state index in [1.165, 1.54) is 4.68 Å². The molecule has 184 valence electrons. The molecule has 0 bridgehead atoms. The number of hydrogen-bond donors (Lipinski definition) is 3. The van der Waals surface area contributed by atoms with Crippen molar-refractivity contribution in [2.24, 2.45) is 5.92 Å². The van der Waals surface area contributed by atoms with Crippen LogP contribution in [0.4, 0.5) is 0 Å². The van der Waals surface area contributed by atoms with Gasteiger partial charge in [-0.1, -0.05) is 30.5 Å². The lowest BCUT2D eigenvalue weighted by atomic mass is 9.95.